The third kappa shape index (κ3) is 2.54. The lowest BCUT2D eigenvalue weighted by atomic mass is 9.76. The number of esters is 1. The summed E-state index contributed by atoms with van der Waals surface area (Å²) in [5.41, 5.74) is 4.91. The number of carbonyl (C=O) groups is 1. The molecule has 0 fully saturated rings. The first-order chi connectivity index (χ1) is 12.1. The summed E-state index contributed by atoms with van der Waals surface area (Å²) >= 11 is 6.48. The number of carbonyl (C=O) groups excluding carboxylic acids is 1. The van der Waals surface area contributed by atoms with E-state index >= 15 is 0 Å². The zero-order valence-corrected chi connectivity index (χ0v) is 15.0. The molecule has 128 valence electrons. The summed E-state index contributed by atoms with van der Waals surface area (Å²) in [5.74, 6) is 0.458. The van der Waals surface area contributed by atoms with Crippen LogP contribution in [0.25, 0.3) is 0 Å². The Morgan fingerprint density at radius 3 is 2.76 bits per heavy atom. The van der Waals surface area contributed by atoms with E-state index < -0.39 is 0 Å². The van der Waals surface area contributed by atoms with Crippen LogP contribution in [-0.4, -0.2) is 13.1 Å². The number of hydrogen-bond donors (Lipinski definition) is 1. The molecule has 2 aliphatic rings. The number of hydrogen-bond acceptors (Lipinski definition) is 3. The van der Waals surface area contributed by atoms with Crippen molar-refractivity contribution in [1.82, 2.24) is 0 Å². The van der Waals surface area contributed by atoms with E-state index in [0.29, 0.717) is 17.4 Å². The van der Waals surface area contributed by atoms with Crippen LogP contribution in [0.2, 0.25) is 5.02 Å². The molecule has 0 amide bonds. The molecule has 4 rings (SSSR count). The second kappa shape index (κ2) is 6.23. The Hall–Kier alpha value is -2.26. The topological polar surface area (TPSA) is 38.3 Å². The van der Waals surface area contributed by atoms with Crippen LogP contribution in [0, 0.1) is 12.8 Å². The molecular weight excluding hydrogens is 334 g/mol. The first-order valence-electron chi connectivity index (χ1n) is 8.51. The third-order valence-electron chi connectivity index (χ3n) is 5.44. The molecule has 3 atom stereocenters. The summed E-state index contributed by atoms with van der Waals surface area (Å²) in [7, 11) is 1.41. The maximum absolute atomic E-state index is 12.1. The van der Waals surface area contributed by atoms with Crippen molar-refractivity contribution < 1.29 is 9.53 Å². The fourth-order valence-corrected chi connectivity index (χ4v) is 4.43. The number of methoxy groups -OCH3 is 1. The largest absolute Gasteiger partial charge is 0.465 e. The van der Waals surface area contributed by atoms with E-state index in [1.165, 1.54) is 12.7 Å². The Kier molecular flexibility index (Phi) is 4.04. The van der Waals surface area contributed by atoms with Crippen LogP contribution in [0.1, 0.15) is 45.4 Å². The van der Waals surface area contributed by atoms with Gasteiger partial charge in [0.05, 0.1) is 18.7 Å². The molecule has 4 heteroatoms. The van der Waals surface area contributed by atoms with Gasteiger partial charge in [0, 0.05) is 16.6 Å². The van der Waals surface area contributed by atoms with Gasteiger partial charge in [-0.05, 0) is 48.1 Å². The van der Waals surface area contributed by atoms with Crippen LogP contribution in [0.3, 0.4) is 0 Å². The van der Waals surface area contributed by atoms with Gasteiger partial charge < -0.3 is 10.1 Å². The molecule has 0 radical (unpaired) electrons. The Morgan fingerprint density at radius 1 is 1.20 bits per heavy atom. The Labute approximate surface area is 152 Å². The van der Waals surface area contributed by atoms with Gasteiger partial charge in [0.1, 0.15) is 0 Å². The van der Waals surface area contributed by atoms with E-state index in [9.17, 15) is 4.79 Å². The fourth-order valence-electron chi connectivity index (χ4n) is 4.18. The van der Waals surface area contributed by atoms with E-state index in [4.69, 9.17) is 16.3 Å². The average Bonchev–Trinajstić information content (AvgIpc) is 3.11. The molecule has 0 bridgehead atoms. The van der Waals surface area contributed by atoms with E-state index in [-0.39, 0.29) is 12.0 Å². The maximum atomic E-state index is 12.1. The van der Waals surface area contributed by atoms with Gasteiger partial charge in [-0.2, -0.15) is 0 Å². The van der Waals surface area contributed by atoms with Crippen LogP contribution in [-0.2, 0) is 4.74 Å². The van der Waals surface area contributed by atoms with Crippen molar-refractivity contribution >= 4 is 23.3 Å². The molecule has 1 aliphatic heterocycles. The van der Waals surface area contributed by atoms with Gasteiger partial charge in [-0.15, -0.1) is 0 Å². The van der Waals surface area contributed by atoms with Crippen molar-refractivity contribution in [3.63, 3.8) is 0 Å². The van der Waals surface area contributed by atoms with E-state index in [0.717, 1.165) is 28.3 Å². The van der Waals surface area contributed by atoms with E-state index in [2.05, 4.69) is 29.6 Å². The highest BCUT2D eigenvalue weighted by atomic mass is 35.5. The zero-order valence-electron chi connectivity index (χ0n) is 14.3. The van der Waals surface area contributed by atoms with Gasteiger partial charge in [0.15, 0.2) is 0 Å². The number of rotatable bonds is 2. The number of nitrogens with one attached hydrogen (secondary N) is 1. The highest BCUT2D eigenvalue weighted by Crippen LogP contribution is 2.51. The average molecular weight is 354 g/mol. The molecule has 0 spiro atoms. The smallest absolute Gasteiger partial charge is 0.338 e. The van der Waals surface area contributed by atoms with Crippen molar-refractivity contribution in [3.05, 3.63) is 75.8 Å². The molecule has 2 aromatic rings. The Morgan fingerprint density at radius 2 is 2.00 bits per heavy atom. The van der Waals surface area contributed by atoms with Crippen molar-refractivity contribution in [2.45, 2.75) is 25.3 Å². The van der Waals surface area contributed by atoms with Crippen LogP contribution in [0.15, 0.2) is 48.6 Å². The normalized spacial score (nSPS) is 23.6. The second-order valence-corrected chi connectivity index (χ2v) is 7.10. The van der Waals surface area contributed by atoms with Gasteiger partial charge in [-0.1, -0.05) is 48.0 Å². The highest BCUT2D eigenvalue weighted by Gasteiger charge is 2.39. The molecule has 1 N–H and O–H groups in total. The predicted molar refractivity (Wildman–Crippen MR) is 100 cm³/mol. The van der Waals surface area contributed by atoms with Gasteiger partial charge in [0.25, 0.3) is 0 Å². The lowest BCUT2D eigenvalue weighted by Gasteiger charge is -2.39. The Balaban J connectivity index is 1.85. The molecule has 3 nitrogen and oxygen atoms in total. The molecule has 0 aromatic heterocycles. The minimum Gasteiger partial charge on any atom is -0.465 e. The number of allylic oxidation sites excluding steroid dienone is 2. The second-order valence-electron chi connectivity index (χ2n) is 6.69. The number of fused-ring (bicyclic) bond motifs is 3. The highest BCUT2D eigenvalue weighted by molar-refractivity contribution is 6.31. The van der Waals surface area contributed by atoms with Crippen LogP contribution < -0.4 is 5.32 Å². The molecule has 1 heterocycles. The number of benzene rings is 2. The number of halogens is 1. The molecule has 2 aromatic carbocycles. The monoisotopic (exact) mass is 353 g/mol. The predicted octanol–water partition coefficient (Wildman–Crippen LogP) is 5.26. The van der Waals surface area contributed by atoms with Gasteiger partial charge in [0.2, 0.25) is 0 Å². The fraction of sp³-hybridized carbons (Fsp3) is 0.286. The summed E-state index contributed by atoms with van der Waals surface area (Å²) < 4.78 is 4.92. The zero-order chi connectivity index (χ0) is 17.6. The molecule has 1 aliphatic carbocycles. The molecule has 25 heavy (non-hydrogen) atoms. The lowest BCUT2D eigenvalue weighted by Crippen LogP contribution is -2.30. The summed E-state index contributed by atoms with van der Waals surface area (Å²) in [5, 5.41) is 4.45. The van der Waals surface area contributed by atoms with Gasteiger partial charge >= 0.3 is 5.97 Å². The summed E-state index contributed by atoms with van der Waals surface area (Å²) in [6, 6.07) is 12.0. The van der Waals surface area contributed by atoms with E-state index in [1.807, 2.05) is 31.2 Å². The minimum absolute atomic E-state index is 0.118. The van der Waals surface area contributed by atoms with Crippen molar-refractivity contribution in [3.8, 4) is 0 Å². The third-order valence-corrected chi connectivity index (χ3v) is 5.79. The van der Waals surface area contributed by atoms with Gasteiger partial charge in [-0.3, -0.25) is 0 Å². The van der Waals surface area contributed by atoms with Crippen LogP contribution in [0.5, 0.6) is 0 Å². The first kappa shape index (κ1) is 16.2. The van der Waals surface area contributed by atoms with E-state index in [1.54, 1.807) is 0 Å². The van der Waals surface area contributed by atoms with Crippen molar-refractivity contribution in [1.29, 1.82) is 0 Å². The van der Waals surface area contributed by atoms with Gasteiger partial charge in [-0.25, -0.2) is 4.79 Å². The quantitative estimate of drug-likeness (QED) is 0.591. The van der Waals surface area contributed by atoms with Crippen LogP contribution in [0.4, 0.5) is 5.69 Å². The van der Waals surface area contributed by atoms with Crippen molar-refractivity contribution in [2.75, 3.05) is 12.4 Å². The SMILES string of the molecule is COC(=O)c1ccc2c(c1C)N[C@H](c1ccccc1Cl)[C@@H]1CC=C[C@H]21. The summed E-state index contributed by atoms with van der Waals surface area (Å²) in [4.78, 5) is 12.1. The molecule has 0 saturated heterocycles. The molecular formula is C21H20ClNO2. The first-order valence-corrected chi connectivity index (χ1v) is 8.89. The Bertz CT molecular complexity index is 874. The standard InChI is InChI=1S/C21H20ClNO2/c1-12-13(21(24)25-2)10-11-16-14-7-5-8-15(14)20(23-19(12)16)17-6-3-4-9-18(17)22/h3-7,9-11,14-15,20,23H,8H2,1-2H3/t14-,15+,20-/m0/s1. The summed E-state index contributed by atoms with van der Waals surface area (Å²) in [6.07, 6.45) is 5.55. The molecule has 0 unspecified atom stereocenters. The number of ether oxygens (including phenoxy) is 1. The van der Waals surface area contributed by atoms with Crippen LogP contribution >= 0.6 is 11.6 Å². The molecule has 0 saturated carbocycles. The lowest BCUT2D eigenvalue weighted by molar-refractivity contribution is 0.0600. The number of anilines is 1. The summed E-state index contributed by atoms with van der Waals surface area (Å²) in [6.45, 7) is 1.97. The minimum atomic E-state index is -0.305. The van der Waals surface area contributed by atoms with Crippen molar-refractivity contribution in [2.24, 2.45) is 5.92 Å². The maximum Gasteiger partial charge on any atom is 0.338 e.